The van der Waals surface area contributed by atoms with E-state index in [1.807, 2.05) is 0 Å². The van der Waals surface area contributed by atoms with Crippen molar-refractivity contribution in [1.82, 2.24) is 0 Å². The van der Waals surface area contributed by atoms with Crippen molar-refractivity contribution in [2.75, 3.05) is 19.8 Å². The number of rotatable bonds is 2. The molecule has 1 atom stereocenters. The van der Waals surface area contributed by atoms with Crippen LogP contribution in [0.25, 0.3) is 0 Å². The van der Waals surface area contributed by atoms with Gasteiger partial charge in [0.1, 0.15) is 0 Å². The Morgan fingerprint density at radius 2 is 2.64 bits per heavy atom. The smallest absolute Gasteiger partial charge is 0.312 e. The van der Waals surface area contributed by atoms with E-state index >= 15 is 0 Å². The largest absolute Gasteiger partial charge is 0.452 e. The molecule has 0 amide bonds. The highest BCUT2D eigenvalue weighted by Crippen LogP contribution is 2.13. The molecule has 0 aromatic heterocycles. The Morgan fingerprint density at radius 1 is 1.82 bits per heavy atom. The molecular weight excluding hydrogens is 144 g/mol. The summed E-state index contributed by atoms with van der Waals surface area (Å²) in [7, 11) is 0. The van der Waals surface area contributed by atoms with Crippen molar-refractivity contribution in [1.29, 1.82) is 0 Å². The third-order valence-corrected chi connectivity index (χ3v) is 1.56. The van der Waals surface area contributed by atoms with E-state index < -0.39 is 0 Å². The number of terminal acetylenes is 1. The maximum Gasteiger partial charge on any atom is 0.312 e. The fraction of sp³-hybridized carbons (Fsp3) is 0.625. The van der Waals surface area contributed by atoms with Gasteiger partial charge in [-0.3, -0.25) is 4.79 Å². The maximum absolute atomic E-state index is 11.0. The zero-order valence-electron chi connectivity index (χ0n) is 6.21. The highest BCUT2D eigenvalue weighted by molar-refractivity contribution is 5.72. The van der Waals surface area contributed by atoms with Crippen LogP contribution in [-0.4, -0.2) is 25.8 Å². The van der Waals surface area contributed by atoms with Gasteiger partial charge in [0.2, 0.25) is 0 Å². The molecule has 0 radical (unpaired) electrons. The zero-order valence-corrected chi connectivity index (χ0v) is 6.21. The van der Waals surface area contributed by atoms with Crippen LogP contribution in [0.2, 0.25) is 0 Å². The molecule has 1 aliphatic heterocycles. The number of ether oxygens (including phenoxy) is 2. The van der Waals surface area contributed by atoms with E-state index in [-0.39, 0.29) is 18.5 Å². The summed E-state index contributed by atoms with van der Waals surface area (Å²) in [6.07, 6.45) is 5.67. The minimum absolute atomic E-state index is 0.0648. The predicted molar refractivity (Wildman–Crippen MR) is 38.7 cm³/mol. The van der Waals surface area contributed by atoms with Crippen LogP contribution in [0.3, 0.4) is 0 Å². The van der Waals surface area contributed by atoms with Crippen molar-refractivity contribution in [2.45, 2.75) is 6.42 Å². The number of hydrogen-bond acceptors (Lipinski definition) is 3. The summed E-state index contributed by atoms with van der Waals surface area (Å²) in [6, 6.07) is 0. The summed E-state index contributed by atoms with van der Waals surface area (Å²) >= 11 is 0. The quantitative estimate of drug-likeness (QED) is 0.421. The van der Waals surface area contributed by atoms with Gasteiger partial charge in [-0.15, -0.1) is 6.42 Å². The van der Waals surface area contributed by atoms with E-state index in [0.29, 0.717) is 13.2 Å². The molecule has 11 heavy (non-hydrogen) atoms. The van der Waals surface area contributed by atoms with Crippen LogP contribution in [0, 0.1) is 18.3 Å². The predicted octanol–water partition coefficient (Wildman–Crippen LogP) is 0.199. The standard InChI is InChI=1S/C8H10O3/c1-2-4-11-8(9)7-3-5-10-6-7/h1,7H,3-6H2. The summed E-state index contributed by atoms with van der Waals surface area (Å²) in [5.41, 5.74) is 0. The first-order chi connectivity index (χ1) is 5.34. The molecule has 0 spiro atoms. The molecule has 3 heteroatoms. The second kappa shape index (κ2) is 3.99. The molecule has 0 bridgehead atoms. The van der Waals surface area contributed by atoms with Crippen molar-refractivity contribution in [3.05, 3.63) is 0 Å². The average Bonchev–Trinajstić information content (AvgIpc) is 2.52. The Kier molecular flexibility index (Phi) is 2.94. The molecular formula is C8H10O3. The molecule has 1 saturated heterocycles. The fourth-order valence-corrected chi connectivity index (χ4v) is 0.951. The van der Waals surface area contributed by atoms with Gasteiger partial charge < -0.3 is 9.47 Å². The van der Waals surface area contributed by atoms with Crippen molar-refractivity contribution in [2.24, 2.45) is 5.92 Å². The summed E-state index contributed by atoms with van der Waals surface area (Å²) in [5, 5.41) is 0. The van der Waals surface area contributed by atoms with Gasteiger partial charge in [-0.05, 0) is 6.42 Å². The number of carbonyl (C=O) groups excluding carboxylic acids is 1. The highest BCUT2D eigenvalue weighted by atomic mass is 16.5. The van der Waals surface area contributed by atoms with Gasteiger partial charge in [0, 0.05) is 6.61 Å². The number of esters is 1. The maximum atomic E-state index is 11.0. The Labute approximate surface area is 65.7 Å². The van der Waals surface area contributed by atoms with Crippen LogP contribution in [-0.2, 0) is 14.3 Å². The second-order valence-corrected chi connectivity index (χ2v) is 2.37. The van der Waals surface area contributed by atoms with Crippen molar-refractivity contribution < 1.29 is 14.3 Å². The lowest BCUT2D eigenvalue weighted by atomic mass is 10.1. The molecule has 0 saturated carbocycles. The minimum Gasteiger partial charge on any atom is -0.452 e. The fourth-order valence-electron chi connectivity index (χ4n) is 0.951. The van der Waals surface area contributed by atoms with E-state index in [4.69, 9.17) is 15.9 Å². The Balaban J connectivity index is 2.24. The third-order valence-electron chi connectivity index (χ3n) is 1.56. The molecule has 1 heterocycles. The van der Waals surface area contributed by atoms with Gasteiger partial charge in [-0.1, -0.05) is 5.92 Å². The molecule has 1 fully saturated rings. The van der Waals surface area contributed by atoms with Crippen LogP contribution >= 0.6 is 0 Å². The second-order valence-electron chi connectivity index (χ2n) is 2.37. The van der Waals surface area contributed by atoms with E-state index in [2.05, 4.69) is 5.92 Å². The average molecular weight is 154 g/mol. The molecule has 3 nitrogen and oxygen atoms in total. The number of hydrogen-bond donors (Lipinski definition) is 0. The van der Waals surface area contributed by atoms with Gasteiger partial charge in [-0.25, -0.2) is 0 Å². The topological polar surface area (TPSA) is 35.5 Å². The van der Waals surface area contributed by atoms with Gasteiger partial charge >= 0.3 is 5.97 Å². The SMILES string of the molecule is C#CCOC(=O)C1CCOC1. The zero-order chi connectivity index (χ0) is 8.10. The normalized spacial score (nSPS) is 22.6. The van der Waals surface area contributed by atoms with Crippen LogP contribution in [0.15, 0.2) is 0 Å². The first kappa shape index (κ1) is 8.09. The summed E-state index contributed by atoms with van der Waals surface area (Å²) in [6.45, 7) is 1.19. The van der Waals surface area contributed by atoms with Crippen molar-refractivity contribution in [3.63, 3.8) is 0 Å². The van der Waals surface area contributed by atoms with E-state index in [1.165, 1.54) is 0 Å². The molecule has 1 unspecified atom stereocenters. The molecule has 0 aromatic rings. The first-order valence-corrected chi connectivity index (χ1v) is 3.52. The molecule has 0 N–H and O–H groups in total. The lowest BCUT2D eigenvalue weighted by Crippen LogP contribution is -2.17. The lowest BCUT2D eigenvalue weighted by molar-refractivity contribution is -0.146. The van der Waals surface area contributed by atoms with Crippen LogP contribution < -0.4 is 0 Å². The Bertz CT molecular complexity index is 174. The van der Waals surface area contributed by atoms with Crippen LogP contribution in [0.4, 0.5) is 0 Å². The highest BCUT2D eigenvalue weighted by Gasteiger charge is 2.24. The molecule has 0 aromatic carbocycles. The summed E-state index contributed by atoms with van der Waals surface area (Å²) in [5.74, 6) is 1.91. The van der Waals surface area contributed by atoms with Crippen LogP contribution in [0.1, 0.15) is 6.42 Å². The molecule has 0 aliphatic carbocycles. The van der Waals surface area contributed by atoms with Gasteiger partial charge in [-0.2, -0.15) is 0 Å². The van der Waals surface area contributed by atoms with Gasteiger partial charge in [0.05, 0.1) is 12.5 Å². The van der Waals surface area contributed by atoms with Gasteiger partial charge in [0.15, 0.2) is 6.61 Å². The third kappa shape index (κ3) is 2.24. The lowest BCUT2D eigenvalue weighted by Gasteiger charge is -2.04. The van der Waals surface area contributed by atoms with E-state index in [1.54, 1.807) is 0 Å². The van der Waals surface area contributed by atoms with Gasteiger partial charge in [0.25, 0.3) is 0 Å². The van der Waals surface area contributed by atoms with E-state index in [9.17, 15) is 4.79 Å². The molecule has 1 aliphatic rings. The van der Waals surface area contributed by atoms with E-state index in [0.717, 1.165) is 6.42 Å². The van der Waals surface area contributed by atoms with Crippen molar-refractivity contribution >= 4 is 5.97 Å². The first-order valence-electron chi connectivity index (χ1n) is 3.52. The minimum atomic E-state index is -0.236. The molecule has 60 valence electrons. The number of carbonyl (C=O) groups is 1. The molecule has 1 rings (SSSR count). The van der Waals surface area contributed by atoms with Crippen molar-refractivity contribution in [3.8, 4) is 12.3 Å². The Hall–Kier alpha value is -1.01. The van der Waals surface area contributed by atoms with Crippen LogP contribution in [0.5, 0.6) is 0 Å². The monoisotopic (exact) mass is 154 g/mol. The summed E-state index contributed by atoms with van der Waals surface area (Å²) in [4.78, 5) is 11.0. The Morgan fingerprint density at radius 3 is 3.18 bits per heavy atom. The summed E-state index contributed by atoms with van der Waals surface area (Å²) < 4.78 is 9.73.